The second-order valence-corrected chi connectivity index (χ2v) is 6.32. The fourth-order valence-corrected chi connectivity index (χ4v) is 3.05. The van der Waals surface area contributed by atoms with Crippen molar-refractivity contribution in [2.45, 2.75) is 19.9 Å². The molecule has 4 heterocycles. The molecule has 0 aliphatic heterocycles. The highest BCUT2D eigenvalue weighted by Gasteiger charge is 2.18. The summed E-state index contributed by atoms with van der Waals surface area (Å²) in [5.41, 5.74) is 9.30. The second kappa shape index (κ2) is 6.84. The molecule has 0 radical (unpaired) electrons. The van der Waals surface area contributed by atoms with Crippen LogP contribution >= 0.6 is 0 Å². The third-order valence-corrected chi connectivity index (χ3v) is 4.29. The lowest BCUT2D eigenvalue weighted by atomic mass is 10.1. The molecule has 0 aliphatic rings. The van der Waals surface area contributed by atoms with Crippen molar-refractivity contribution in [2.75, 3.05) is 0 Å². The quantitative estimate of drug-likeness (QED) is 0.575. The number of hydrogen-bond acceptors (Lipinski definition) is 4. The Hall–Kier alpha value is -3.62. The first-order valence-corrected chi connectivity index (χ1v) is 8.49. The zero-order chi connectivity index (χ0) is 19.8. The number of carbonyl (C=O) groups is 1. The van der Waals surface area contributed by atoms with Crippen molar-refractivity contribution in [3.05, 3.63) is 60.3 Å². The minimum atomic E-state index is -2.54. The maximum atomic E-state index is 12.9. The van der Waals surface area contributed by atoms with Gasteiger partial charge in [-0.2, -0.15) is 5.10 Å². The predicted molar refractivity (Wildman–Crippen MR) is 98.9 cm³/mol. The maximum Gasteiger partial charge on any atom is 0.267 e. The first-order chi connectivity index (χ1) is 13.4. The Kier molecular flexibility index (Phi) is 4.34. The number of hydrogen-bond donors (Lipinski definition) is 1. The Morgan fingerprint density at radius 3 is 2.75 bits per heavy atom. The zero-order valence-corrected chi connectivity index (χ0v) is 14.9. The second-order valence-electron chi connectivity index (χ2n) is 6.32. The predicted octanol–water partition coefficient (Wildman–Crippen LogP) is 2.93. The van der Waals surface area contributed by atoms with Crippen molar-refractivity contribution in [3.63, 3.8) is 0 Å². The number of amides is 1. The minimum Gasteiger partial charge on any atom is -0.364 e. The van der Waals surface area contributed by atoms with E-state index in [-0.39, 0.29) is 5.69 Å². The van der Waals surface area contributed by atoms with Gasteiger partial charge in [-0.1, -0.05) is 6.07 Å². The van der Waals surface area contributed by atoms with Crippen LogP contribution in [0.2, 0.25) is 0 Å². The normalized spacial score (nSPS) is 11.4. The van der Waals surface area contributed by atoms with Gasteiger partial charge in [0.15, 0.2) is 0 Å². The highest BCUT2D eigenvalue weighted by Crippen LogP contribution is 2.31. The number of alkyl halides is 2. The molecular formula is C19H16F2N6O. The highest BCUT2D eigenvalue weighted by atomic mass is 19.3. The summed E-state index contributed by atoms with van der Waals surface area (Å²) in [6, 6.07) is 8.96. The van der Waals surface area contributed by atoms with E-state index in [9.17, 15) is 13.6 Å². The molecule has 0 fully saturated rings. The molecule has 4 aromatic rings. The van der Waals surface area contributed by atoms with Crippen LogP contribution in [-0.4, -0.2) is 36.5 Å². The van der Waals surface area contributed by atoms with Gasteiger partial charge in [0.1, 0.15) is 23.6 Å². The molecule has 0 saturated carbocycles. The number of rotatable bonds is 5. The molecule has 7 nitrogen and oxygen atoms in total. The third kappa shape index (κ3) is 3.22. The van der Waals surface area contributed by atoms with E-state index in [4.69, 9.17) is 5.73 Å². The lowest BCUT2D eigenvalue weighted by molar-refractivity contribution is 0.0994. The number of imidazole rings is 1. The zero-order valence-electron chi connectivity index (χ0n) is 14.9. The van der Waals surface area contributed by atoms with Gasteiger partial charge in [0.25, 0.3) is 12.3 Å². The average molecular weight is 382 g/mol. The monoisotopic (exact) mass is 382 g/mol. The Labute approximate surface area is 158 Å². The number of pyridine rings is 2. The highest BCUT2D eigenvalue weighted by molar-refractivity contribution is 5.92. The maximum absolute atomic E-state index is 12.9. The lowest BCUT2D eigenvalue weighted by Gasteiger charge is -2.05. The van der Waals surface area contributed by atoms with Crippen molar-refractivity contribution < 1.29 is 13.6 Å². The van der Waals surface area contributed by atoms with Gasteiger partial charge in [-0.3, -0.25) is 18.9 Å². The molecule has 0 spiro atoms. The molecule has 1 amide bonds. The van der Waals surface area contributed by atoms with Gasteiger partial charge in [0.2, 0.25) is 0 Å². The summed E-state index contributed by atoms with van der Waals surface area (Å²) in [5.74, 6) is -0.612. The van der Waals surface area contributed by atoms with Crippen LogP contribution in [0.4, 0.5) is 8.78 Å². The van der Waals surface area contributed by atoms with Crippen LogP contribution < -0.4 is 5.73 Å². The van der Waals surface area contributed by atoms with Crippen molar-refractivity contribution in [1.82, 2.24) is 24.1 Å². The van der Waals surface area contributed by atoms with E-state index in [2.05, 4.69) is 15.1 Å². The number of halogens is 2. The fraction of sp³-hybridized carbons (Fsp3) is 0.158. The van der Waals surface area contributed by atoms with Gasteiger partial charge < -0.3 is 5.73 Å². The van der Waals surface area contributed by atoms with E-state index in [1.807, 2.05) is 19.1 Å². The number of nitrogens with zero attached hydrogens (tertiary/aromatic N) is 5. The topological polar surface area (TPSA) is 91.1 Å². The standard InChI is InChI=1S/C19H16F2N6O/c1-11-3-2-4-14(24-11)18-13(9-26(25-18)10-16(20)21)12-5-6-17-23-7-15(19(22)28)27(17)8-12/h2-9,16H,10H2,1H3,(H2,22,28). The van der Waals surface area contributed by atoms with E-state index >= 15 is 0 Å². The molecule has 0 bridgehead atoms. The number of primary amides is 1. The van der Waals surface area contributed by atoms with Crippen LogP contribution in [-0.2, 0) is 6.54 Å². The Morgan fingerprint density at radius 2 is 2.04 bits per heavy atom. The molecule has 0 unspecified atom stereocenters. The summed E-state index contributed by atoms with van der Waals surface area (Å²) < 4.78 is 28.6. The lowest BCUT2D eigenvalue weighted by Crippen LogP contribution is -2.13. The van der Waals surface area contributed by atoms with Gasteiger partial charge in [0, 0.05) is 29.2 Å². The van der Waals surface area contributed by atoms with Crippen LogP contribution in [0.1, 0.15) is 16.2 Å². The molecule has 9 heteroatoms. The van der Waals surface area contributed by atoms with E-state index in [0.29, 0.717) is 28.2 Å². The summed E-state index contributed by atoms with van der Waals surface area (Å²) in [5, 5.41) is 4.32. The van der Waals surface area contributed by atoms with E-state index in [1.165, 1.54) is 10.9 Å². The molecule has 0 atom stereocenters. The number of fused-ring (bicyclic) bond motifs is 1. The molecule has 0 aliphatic carbocycles. The summed E-state index contributed by atoms with van der Waals surface area (Å²) in [6.45, 7) is 1.31. The molecule has 4 rings (SSSR count). The first kappa shape index (κ1) is 17.8. The summed E-state index contributed by atoms with van der Waals surface area (Å²) in [4.78, 5) is 20.2. The fourth-order valence-electron chi connectivity index (χ4n) is 3.05. The summed E-state index contributed by atoms with van der Waals surface area (Å²) in [7, 11) is 0. The number of aromatic nitrogens is 5. The van der Waals surface area contributed by atoms with E-state index in [0.717, 1.165) is 5.69 Å². The SMILES string of the molecule is Cc1cccc(-c2nn(CC(F)F)cc2-c2ccc3ncc(C(N)=O)n3c2)n1. The smallest absolute Gasteiger partial charge is 0.267 e. The molecule has 0 saturated heterocycles. The Bertz CT molecular complexity index is 1180. The van der Waals surface area contributed by atoms with Crippen molar-refractivity contribution in [1.29, 1.82) is 0 Å². The molecule has 28 heavy (non-hydrogen) atoms. The number of carbonyl (C=O) groups excluding carboxylic acids is 1. The Morgan fingerprint density at radius 1 is 1.21 bits per heavy atom. The van der Waals surface area contributed by atoms with Crippen LogP contribution in [0.15, 0.2) is 48.9 Å². The van der Waals surface area contributed by atoms with Gasteiger partial charge in [-0.15, -0.1) is 0 Å². The van der Waals surface area contributed by atoms with E-state index < -0.39 is 18.9 Å². The summed E-state index contributed by atoms with van der Waals surface area (Å²) >= 11 is 0. The molecule has 0 aromatic carbocycles. The van der Waals surface area contributed by atoms with Gasteiger partial charge in [-0.25, -0.2) is 13.8 Å². The molecule has 142 valence electrons. The van der Waals surface area contributed by atoms with Crippen molar-refractivity contribution >= 4 is 11.6 Å². The van der Waals surface area contributed by atoms with Gasteiger partial charge in [0.05, 0.1) is 11.9 Å². The van der Waals surface area contributed by atoms with Crippen LogP contribution in [0, 0.1) is 6.92 Å². The van der Waals surface area contributed by atoms with Crippen LogP contribution in [0.3, 0.4) is 0 Å². The average Bonchev–Trinajstić information content (AvgIpc) is 3.24. The van der Waals surface area contributed by atoms with Crippen molar-refractivity contribution in [2.24, 2.45) is 5.73 Å². The Balaban J connectivity index is 1.90. The van der Waals surface area contributed by atoms with Gasteiger partial charge >= 0.3 is 0 Å². The molecule has 2 N–H and O–H groups in total. The minimum absolute atomic E-state index is 0.229. The summed E-state index contributed by atoms with van der Waals surface area (Å²) in [6.07, 6.45) is 2.09. The third-order valence-electron chi connectivity index (χ3n) is 4.29. The largest absolute Gasteiger partial charge is 0.364 e. The van der Waals surface area contributed by atoms with Crippen molar-refractivity contribution in [3.8, 4) is 22.5 Å². The molecular weight excluding hydrogens is 366 g/mol. The van der Waals surface area contributed by atoms with Crippen LogP contribution in [0.5, 0.6) is 0 Å². The first-order valence-electron chi connectivity index (χ1n) is 8.49. The van der Waals surface area contributed by atoms with Crippen LogP contribution in [0.25, 0.3) is 28.2 Å². The van der Waals surface area contributed by atoms with Gasteiger partial charge in [-0.05, 0) is 31.2 Å². The molecule has 4 aromatic heterocycles. The number of nitrogens with two attached hydrogens (primary N) is 1. The number of aryl methyl sites for hydroxylation is 1. The van der Waals surface area contributed by atoms with E-state index in [1.54, 1.807) is 35.0 Å².